The van der Waals surface area contributed by atoms with Gasteiger partial charge in [0.15, 0.2) is 0 Å². The van der Waals surface area contributed by atoms with Crippen LogP contribution >= 0.6 is 0 Å². The molecule has 2 rings (SSSR count). The highest BCUT2D eigenvalue weighted by molar-refractivity contribution is 5.61. The first-order valence-electron chi connectivity index (χ1n) is 6.12. The van der Waals surface area contributed by atoms with Gasteiger partial charge in [0.2, 0.25) is 0 Å². The second-order valence-corrected chi connectivity index (χ2v) is 4.22. The lowest BCUT2D eigenvalue weighted by Crippen LogP contribution is -1.94. The first-order chi connectivity index (χ1) is 8.74. The maximum Gasteiger partial charge on any atom is 0.140 e. The fraction of sp³-hybridized carbons (Fsp3) is 0.188. The molecular formula is C16H18N2. The zero-order chi connectivity index (χ0) is 13.0. The monoisotopic (exact) mass is 238 g/mol. The quantitative estimate of drug-likeness (QED) is 0.739. The molecule has 0 saturated heterocycles. The summed E-state index contributed by atoms with van der Waals surface area (Å²) in [6.07, 6.45) is 8.08. The van der Waals surface area contributed by atoms with Crippen molar-refractivity contribution in [2.45, 2.75) is 13.8 Å². The summed E-state index contributed by atoms with van der Waals surface area (Å²) in [6.45, 7) is 4.10. The minimum absolute atomic E-state index is 1.01. The topological polar surface area (TPSA) is 17.8 Å². The fourth-order valence-electron chi connectivity index (χ4n) is 1.86. The summed E-state index contributed by atoms with van der Waals surface area (Å²) in [7, 11) is 2.05. The number of hydrogen-bond acceptors (Lipinski definition) is 1. The van der Waals surface area contributed by atoms with Gasteiger partial charge in [-0.25, -0.2) is 4.98 Å². The van der Waals surface area contributed by atoms with Crippen molar-refractivity contribution in [2.75, 3.05) is 0 Å². The molecule has 1 aromatic carbocycles. The van der Waals surface area contributed by atoms with Crippen molar-refractivity contribution in [3.63, 3.8) is 0 Å². The summed E-state index contributed by atoms with van der Waals surface area (Å²) in [5.74, 6) is 1.01. The first-order valence-corrected chi connectivity index (χ1v) is 6.12. The van der Waals surface area contributed by atoms with Crippen LogP contribution in [0.1, 0.15) is 18.3 Å². The van der Waals surface area contributed by atoms with Gasteiger partial charge in [-0.05, 0) is 19.9 Å². The molecule has 0 fully saturated rings. The molecule has 2 aromatic rings. The number of rotatable bonds is 3. The Morgan fingerprint density at radius 1 is 1.11 bits per heavy atom. The van der Waals surface area contributed by atoms with Gasteiger partial charge in [-0.15, -0.1) is 0 Å². The number of benzene rings is 1. The Labute approximate surface area is 108 Å². The van der Waals surface area contributed by atoms with Crippen LogP contribution in [0.3, 0.4) is 0 Å². The SMILES string of the molecule is C/C=C\C=C/c1nc(-c2ccccc2)n(C)c1C. The van der Waals surface area contributed by atoms with Gasteiger partial charge in [-0.1, -0.05) is 48.6 Å². The Hall–Kier alpha value is -2.09. The molecule has 0 aliphatic carbocycles. The lowest BCUT2D eigenvalue weighted by molar-refractivity contribution is 0.883. The molecule has 0 spiro atoms. The van der Waals surface area contributed by atoms with Crippen LogP contribution in [-0.4, -0.2) is 9.55 Å². The molecule has 0 N–H and O–H groups in total. The van der Waals surface area contributed by atoms with Crippen LogP contribution < -0.4 is 0 Å². The Kier molecular flexibility index (Phi) is 3.78. The third-order valence-corrected chi connectivity index (χ3v) is 3.01. The maximum atomic E-state index is 4.69. The fourth-order valence-corrected chi connectivity index (χ4v) is 1.86. The third-order valence-electron chi connectivity index (χ3n) is 3.01. The maximum absolute atomic E-state index is 4.69. The lowest BCUT2D eigenvalue weighted by Gasteiger charge is -2.02. The third kappa shape index (κ3) is 2.43. The van der Waals surface area contributed by atoms with Gasteiger partial charge in [0.1, 0.15) is 5.82 Å². The standard InChI is InChI=1S/C16H18N2/c1-4-5-7-12-15-13(2)18(3)16(17-15)14-10-8-6-9-11-14/h4-12H,1-3H3/b5-4-,12-7-. The van der Waals surface area contributed by atoms with Crippen molar-refractivity contribution < 1.29 is 0 Å². The summed E-state index contributed by atoms with van der Waals surface area (Å²) >= 11 is 0. The van der Waals surface area contributed by atoms with Crippen molar-refractivity contribution in [1.29, 1.82) is 0 Å². The van der Waals surface area contributed by atoms with Crippen molar-refractivity contribution in [3.8, 4) is 11.4 Å². The van der Waals surface area contributed by atoms with Crippen LogP contribution in [-0.2, 0) is 7.05 Å². The molecule has 0 aliphatic heterocycles. The van der Waals surface area contributed by atoms with Crippen molar-refractivity contribution in [2.24, 2.45) is 7.05 Å². The van der Waals surface area contributed by atoms with Crippen LogP contribution in [0.2, 0.25) is 0 Å². The minimum atomic E-state index is 1.01. The zero-order valence-electron chi connectivity index (χ0n) is 11.1. The second-order valence-electron chi connectivity index (χ2n) is 4.22. The number of aromatic nitrogens is 2. The molecule has 0 saturated carbocycles. The molecule has 0 radical (unpaired) electrons. The van der Waals surface area contributed by atoms with E-state index in [0.29, 0.717) is 0 Å². The molecule has 0 amide bonds. The van der Waals surface area contributed by atoms with E-state index in [9.17, 15) is 0 Å². The molecule has 2 nitrogen and oxygen atoms in total. The van der Waals surface area contributed by atoms with Crippen molar-refractivity contribution in [1.82, 2.24) is 9.55 Å². The molecule has 0 aliphatic rings. The molecule has 92 valence electrons. The van der Waals surface area contributed by atoms with E-state index in [1.54, 1.807) is 0 Å². The van der Waals surface area contributed by atoms with Gasteiger partial charge in [-0.2, -0.15) is 0 Å². The molecular weight excluding hydrogens is 220 g/mol. The van der Waals surface area contributed by atoms with Crippen LogP contribution in [0.4, 0.5) is 0 Å². The summed E-state index contributed by atoms with van der Waals surface area (Å²) in [5, 5.41) is 0. The summed E-state index contributed by atoms with van der Waals surface area (Å²) in [4.78, 5) is 4.69. The number of imidazole rings is 1. The Bertz CT molecular complexity index is 575. The van der Waals surface area contributed by atoms with Gasteiger partial charge in [0, 0.05) is 18.3 Å². The number of nitrogens with zero attached hydrogens (tertiary/aromatic N) is 2. The van der Waals surface area contributed by atoms with Crippen molar-refractivity contribution >= 4 is 6.08 Å². The molecule has 0 atom stereocenters. The van der Waals surface area contributed by atoms with Crippen molar-refractivity contribution in [3.05, 3.63) is 59.9 Å². The Morgan fingerprint density at radius 3 is 2.50 bits per heavy atom. The van der Waals surface area contributed by atoms with E-state index in [4.69, 9.17) is 4.98 Å². The normalized spacial score (nSPS) is 11.7. The van der Waals surface area contributed by atoms with Gasteiger partial charge in [0.25, 0.3) is 0 Å². The van der Waals surface area contributed by atoms with Crippen LogP contribution in [0, 0.1) is 6.92 Å². The average molecular weight is 238 g/mol. The van der Waals surface area contributed by atoms with E-state index in [1.165, 1.54) is 5.69 Å². The van der Waals surface area contributed by atoms with E-state index >= 15 is 0 Å². The highest BCUT2D eigenvalue weighted by Crippen LogP contribution is 2.21. The molecule has 1 heterocycles. The Balaban J connectivity index is 2.43. The highest BCUT2D eigenvalue weighted by Gasteiger charge is 2.09. The average Bonchev–Trinajstić information content (AvgIpc) is 2.68. The molecule has 2 heteroatoms. The number of hydrogen-bond donors (Lipinski definition) is 0. The molecule has 0 bridgehead atoms. The molecule has 0 unspecified atom stereocenters. The summed E-state index contributed by atoms with van der Waals surface area (Å²) < 4.78 is 2.13. The van der Waals surface area contributed by atoms with E-state index in [0.717, 1.165) is 17.1 Å². The molecule has 1 aromatic heterocycles. The van der Waals surface area contributed by atoms with Gasteiger partial charge < -0.3 is 4.57 Å². The van der Waals surface area contributed by atoms with E-state index < -0.39 is 0 Å². The predicted octanol–water partition coefficient (Wildman–Crippen LogP) is 3.98. The van der Waals surface area contributed by atoms with Gasteiger partial charge >= 0.3 is 0 Å². The lowest BCUT2D eigenvalue weighted by atomic mass is 10.2. The van der Waals surface area contributed by atoms with Crippen LogP contribution in [0.5, 0.6) is 0 Å². The van der Waals surface area contributed by atoms with Crippen LogP contribution in [0.25, 0.3) is 17.5 Å². The summed E-state index contributed by atoms with van der Waals surface area (Å²) in [6, 6.07) is 10.3. The largest absolute Gasteiger partial charge is 0.331 e. The minimum Gasteiger partial charge on any atom is -0.331 e. The van der Waals surface area contributed by atoms with E-state index in [2.05, 4.69) is 30.7 Å². The smallest absolute Gasteiger partial charge is 0.140 e. The van der Waals surface area contributed by atoms with E-state index in [1.807, 2.05) is 49.4 Å². The number of allylic oxidation sites excluding steroid dienone is 3. The Morgan fingerprint density at radius 2 is 1.83 bits per heavy atom. The molecule has 18 heavy (non-hydrogen) atoms. The first kappa shape index (κ1) is 12.4. The van der Waals surface area contributed by atoms with E-state index in [-0.39, 0.29) is 0 Å². The van der Waals surface area contributed by atoms with Gasteiger partial charge in [-0.3, -0.25) is 0 Å². The highest BCUT2D eigenvalue weighted by atomic mass is 15.1. The second kappa shape index (κ2) is 5.50. The summed E-state index contributed by atoms with van der Waals surface area (Å²) in [5.41, 5.74) is 3.35. The van der Waals surface area contributed by atoms with Crippen LogP contribution in [0.15, 0.2) is 48.6 Å². The predicted molar refractivity (Wildman–Crippen MR) is 77.2 cm³/mol. The zero-order valence-corrected chi connectivity index (χ0v) is 11.1. The van der Waals surface area contributed by atoms with Gasteiger partial charge in [0.05, 0.1) is 5.69 Å².